The largest absolute Gasteiger partial charge is 0.338 e. The highest BCUT2D eigenvalue weighted by Crippen LogP contribution is 2.27. The number of nitrogens with one attached hydrogen (secondary N) is 1. The molecule has 1 saturated heterocycles. The van der Waals surface area contributed by atoms with Gasteiger partial charge < -0.3 is 10.2 Å². The second kappa shape index (κ2) is 9.47. The Balaban J connectivity index is 1.39. The molecule has 0 bridgehead atoms. The van der Waals surface area contributed by atoms with Crippen LogP contribution in [0.1, 0.15) is 41.4 Å². The van der Waals surface area contributed by atoms with Gasteiger partial charge in [-0.2, -0.15) is 0 Å². The maximum absolute atomic E-state index is 12.6. The van der Waals surface area contributed by atoms with Crippen molar-refractivity contribution in [2.45, 2.75) is 32.6 Å². The molecule has 1 aliphatic heterocycles. The molecule has 4 rings (SSSR count). The number of anilines is 2. The van der Waals surface area contributed by atoms with E-state index in [1.807, 2.05) is 55.2 Å². The predicted molar refractivity (Wildman–Crippen MR) is 121 cm³/mol. The topological polar surface area (TPSA) is 83.9 Å². The Bertz CT molecular complexity index is 1040. The summed E-state index contributed by atoms with van der Waals surface area (Å²) < 4.78 is 0. The summed E-state index contributed by atoms with van der Waals surface area (Å²) in [5, 5.41) is 3.21. The Labute approximate surface area is 182 Å². The Morgan fingerprint density at radius 2 is 2.00 bits per heavy atom. The maximum atomic E-state index is 12.6. The maximum Gasteiger partial charge on any atom is 0.246 e. The molecule has 3 aromatic rings. The van der Waals surface area contributed by atoms with E-state index < -0.39 is 0 Å². The second-order valence-electron chi connectivity index (χ2n) is 7.81. The number of amides is 1. The fourth-order valence-electron chi connectivity index (χ4n) is 3.80. The molecule has 3 aromatic heterocycles. The summed E-state index contributed by atoms with van der Waals surface area (Å²) in [7, 11) is 0. The van der Waals surface area contributed by atoms with Crippen LogP contribution in [-0.4, -0.2) is 43.8 Å². The zero-order valence-corrected chi connectivity index (χ0v) is 17.8. The van der Waals surface area contributed by atoms with E-state index in [0.717, 1.165) is 47.7 Å². The average Bonchev–Trinajstić information content (AvgIpc) is 2.78. The van der Waals surface area contributed by atoms with Gasteiger partial charge in [0.05, 0.1) is 11.9 Å². The molecular weight excluding hydrogens is 388 g/mol. The molecule has 0 aliphatic carbocycles. The summed E-state index contributed by atoms with van der Waals surface area (Å²) in [6.07, 6.45) is 10.7. The van der Waals surface area contributed by atoms with Crippen molar-refractivity contribution in [2.75, 3.05) is 18.4 Å². The SMILES string of the molecule is Cc1cc(C)nc(Nc2ccc([C@H]3CCCN(C(=O)/C=C/c4cccnc4)C3)nc2)n1. The van der Waals surface area contributed by atoms with Crippen molar-refractivity contribution in [3.8, 4) is 0 Å². The number of carbonyl (C=O) groups excluding carboxylic acids is 1. The molecule has 1 atom stereocenters. The number of carbonyl (C=O) groups is 1. The van der Waals surface area contributed by atoms with Crippen LogP contribution >= 0.6 is 0 Å². The number of aryl methyl sites for hydroxylation is 2. The van der Waals surface area contributed by atoms with Gasteiger partial charge in [0.2, 0.25) is 11.9 Å². The van der Waals surface area contributed by atoms with Crippen molar-refractivity contribution in [3.05, 3.63) is 77.6 Å². The van der Waals surface area contributed by atoms with E-state index in [0.29, 0.717) is 12.5 Å². The first-order valence-electron chi connectivity index (χ1n) is 10.5. The molecule has 1 fully saturated rings. The average molecular weight is 415 g/mol. The number of likely N-dealkylation sites (tertiary alicyclic amines) is 1. The number of pyridine rings is 2. The van der Waals surface area contributed by atoms with E-state index in [1.54, 1.807) is 24.7 Å². The van der Waals surface area contributed by atoms with Crippen LogP contribution in [0.3, 0.4) is 0 Å². The molecule has 31 heavy (non-hydrogen) atoms. The van der Waals surface area contributed by atoms with Gasteiger partial charge in [0.1, 0.15) is 0 Å². The summed E-state index contributed by atoms with van der Waals surface area (Å²) in [5.41, 5.74) is 4.60. The molecule has 158 valence electrons. The number of hydrogen-bond acceptors (Lipinski definition) is 6. The molecule has 1 amide bonds. The Morgan fingerprint density at radius 3 is 2.71 bits per heavy atom. The van der Waals surface area contributed by atoms with E-state index in [9.17, 15) is 4.79 Å². The van der Waals surface area contributed by atoms with E-state index in [2.05, 4.69) is 25.3 Å². The van der Waals surface area contributed by atoms with Gasteiger partial charge >= 0.3 is 0 Å². The monoisotopic (exact) mass is 414 g/mol. The number of aromatic nitrogens is 4. The fraction of sp³-hybridized carbons (Fsp3) is 0.292. The van der Waals surface area contributed by atoms with Crippen molar-refractivity contribution in [1.29, 1.82) is 0 Å². The summed E-state index contributed by atoms with van der Waals surface area (Å²) in [6, 6.07) is 9.74. The quantitative estimate of drug-likeness (QED) is 0.634. The number of rotatable bonds is 5. The molecular formula is C24H26N6O. The van der Waals surface area contributed by atoms with E-state index >= 15 is 0 Å². The highest BCUT2D eigenvalue weighted by molar-refractivity contribution is 5.91. The lowest BCUT2D eigenvalue weighted by Crippen LogP contribution is -2.38. The predicted octanol–water partition coefficient (Wildman–Crippen LogP) is 4.05. The molecule has 0 aromatic carbocycles. The van der Waals surface area contributed by atoms with Crippen LogP contribution < -0.4 is 5.32 Å². The number of piperidine rings is 1. The lowest BCUT2D eigenvalue weighted by Gasteiger charge is -2.31. The minimum absolute atomic E-state index is 0.0267. The highest BCUT2D eigenvalue weighted by Gasteiger charge is 2.24. The van der Waals surface area contributed by atoms with E-state index in [4.69, 9.17) is 0 Å². The summed E-state index contributed by atoms with van der Waals surface area (Å²) in [5.74, 6) is 0.830. The van der Waals surface area contributed by atoms with Crippen LogP contribution in [0.5, 0.6) is 0 Å². The molecule has 1 N–H and O–H groups in total. The molecule has 0 saturated carbocycles. The first-order chi connectivity index (χ1) is 15.1. The number of nitrogens with zero attached hydrogens (tertiary/aromatic N) is 5. The van der Waals surface area contributed by atoms with Gasteiger partial charge in [0.15, 0.2) is 0 Å². The van der Waals surface area contributed by atoms with E-state index in [1.165, 1.54) is 0 Å². The van der Waals surface area contributed by atoms with Gasteiger partial charge in [-0.05, 0) is 62.6 Å². The molecule has 7 nitrogen and oxygen atoms in total. The minimum atomic E-state index is 0.0267. The van der Waals surface area contributed by atoms with Gasteiger partial charge in [-0.1, -0.05) is 6.07 Å². The molecule has 4 heterocycles. The second-order valence-corrected chi connectivity index (χ2v) is 7.81. The van der Waals surface area contributed by atoms with Gasteiger partial charge in [-0.25, -0.2) is 9.97 Å². The summed E-state index contributed by atoms with van der Waals surface area (Å²) >= 11 is 0. The minimum Gasteiger partial charge on any atom is -0.338 e. The smallest absolute Gasteiger partial charge is 0.246 e. The van der Waals surface area contributed by atoms with Crippen LogP contribution in [-0.2, 0) is 4.79 Å². The van der Waals surface area contributed by atoms with Gasteiger partial charge in [-0.15, -0.1) is 0 Å². The van der Waals surface area contributed by atoms with Gasteiger partial charge in [0.25, 0.3) is 0 Å². The molecule has 0 unspecified atom stereocenters. The number of hydrogen-bond donors (Lipinski definition) is 1. The van der Waals surface area contributed by atoms with Crippen molar-refractivity contribution >= 4 is 23.6 Å². The lowest BCUT2D eigenvalue weighted by atomic mass is 9.94. The van der Waals surface area contributed by atoms with Crippen molar-refractivity contribution in [2.24, 2.45) is 0 Å². The van der Waals surface area contributed by atoms with Gasteiger partial charge in [-0.3, -0.25) is 14.8 Å². The molecule has 7 heteroatoms. The zero-order chi connectivity index (χ0) is 21.6. The van der Waals surface area contributed by atoms with Crippen LogP contribution in [0, 0.1) is 13.8 Å². The molecule has 0 radical (unpaired) electrons. The summed E-state index contributed by atoms with van der Waals surface area (Å²) in [4.78, 5) is 32.1. The molecule has 0 spiro atoms. The van der Waals surface area contributed by atoms with Crippen molar-refractivity contribution < 1.29 is 4.79 Å². The van der Waals surface area contributed by atoms with Crippen molar-refractivity contribution in [1.82, 2.24) is 24.8 Å². The fourth-order valence-corrected chi connectivity index (χ4v) is 3.80. The van der Waals surface area contributed by atoms with Gasteiger partial charge in [0, 0.05) is 54.6 Å². The lowest BCUT2D eigenvalue weighted by molar-refractivity contribution is -0.127. The standard InChI is InChI=1S/C24H26N6O/c1-17-13-18(2)28-24(27-17)29-21-8-9-22(26-15-21)20-6-4-12-30(16-20)23(31)10-7-19-5-3-11-25-14-19/h3,5,7-11,13-15,20H,4,6,12,16H2,1-2H3,(H,27,28,29)/b10-7+/t20-/m0/s1. The Hall–Kier alpha value is -3.61. The van der Waals surface area contributed by atoms with Crippen LogP contribution in [0.15, 0.2) is 55.0 Å². The van der Waals surface area contributed by atoms with Crippen LogP contribution in [0.4, 0.5) is 11.6 Å². The zero-order valence-electron chi connectivity index (χ0n) is 17.8. The normalized spacial score (nSPS) is 16.5. The van der Waals surface area contributed by atoms with Crippen LogP contribution in [0.25, 0.3) is 6.08 Å². The third-order valence-corrected chi connectivity index (χ3v) is 5.28. The first-order valence-corrected chi connectivity index (χ1v) is 10.5. The third-order valence-electron chi connectivity index (χ3n) is 5.28. The van der Waals surface area contributed by atoms with Crippen LogP contribution in [0.2, 0.25) is 0 Å². The Kier molecular flexibility index (Phi) is 6.31. The third kappa shape index (κ3) is 5.51. The van der Waals surface area contributed by atoms with Crippen molar-refractivity contribution in [3.63, 3.8) is 0 Å². The molecule has 1 aliphatic rings. The highest BCUT2D eigenvalue weighted by atomic mass is 16.2. The summed E-state index contributed by atoms with van der Waals surface area (Å²) in [6.45, 7) is 5.35. The first kappa shape index (κ1) is 20.7. The Morgan fingerprint density at radius 1 is 1.16 bits per heavy atom. The van der Waals surface area contributed by atoms with E-state index in [-0.39, 0.29) is 11.8 Å².